The molecule has 0 fully saturated rings. The molecule has 0 aliphatic carbocycles. The predicted octanol–water partition coefficient (Wildman–Crippen LogP) is 4.28. The van der Waals surface area contributed by atoms with E-state index in [2.05, 4.69) is 52.0 Å². The van der Waals surface area contributed by atoms with E-state index in [4.69, 9.17) is 14.2 Å². The largest absolute Gasteiger partial charge is 0.454 e. The second-order valence-electron chi connectivity index (χ2n) is 5.78. The van der Waals surface area contributed by atoms with Gasteiger partial charge in [0.05, 0.1) is 12.7 Å². The van der Waals surface area contributed by atoms with Crippen molar-refractivity contribution in [3.05, 3.63) is 52.0 Å². The highest BCUT2D eigenvalue weighted by atomic mass is 79.9. The average molecular weight is 376 g/mol. The molecule has 4 rings (SSSR count). The molecule has 2 aromatic rings. The molecule has 0 N–H and O–H groups in total. The van der Waals surface area contributed by atoms with Gasteiger partial charge < -0.3 is 19.1 Å². The summed E-state index contributed by atoms with van der Waals surface area (Å²) >= 11 is 3.69. The molecule has 0 aromatic heterocycles. The quantitative estimate of drug-likeness (QED) is 0.744. The highest BCUT2D eigenvalue weighted by Gasteiger charge is 2.22. The lowest BCUT2D eigenvalue weighted by Gasteiger charge is -2.31. The molecule has 2 aliphatic heterocycles. The Balaban J connectivity index is 1.70. The highest BCUT2D eigenvalue weighted by molar-refractivity contribution is 9.10. The predicted molar refractivity (Wildman–Crippen MR) is 92.1 cm³/mol. The fourth-order valence-corrected chi connectivity index (χ4v) is 3.63. The highest BCUT2D eigenvalue weighted by Crippen LogP contribution is 2.37. The summed E-state index contributed by atoms with van der Waals surface area (Å²) in [6, 6.07) is 12.4. The van der Waals surface area contributed by atoms with Crippen molar-refractivity contribution in [3.63, 3.8) is 0 Å². The molecule has 23 heavy (non-hydrogen) atoms. The van der Waals surface area contributed by atoms with Crippen LogP contribution in [0.15, 0.2) is 40.9 Å². The van der Waals surface area contributed by atoms with E-state index in [9.17, 15) is 0 Å². The molecular formula is C18H18BrNO3. The van der Waals surface area contributed by atoms with E-state index in [0.29, 0.717) is 13.4 Å². The van der Waals surface area contributed by atoms with E-state index in [0.717, 1.165) is 34.7 Å². The lowest BCUT2D eigenvalue weighted by Crippen LogP contribution is -2.30. The van der Waals surface area contributed by atoms with E-state index in [1.807, 2.05) is 12.1 Å². The first-order valence-corrected chi connectivity index (χ1v) is 8.55. The zero-order chi connectivity index (χ0) is 15.8. The Bertz CT molecular complexity index is 734. The van der Waals surface area contributed by atoms with Gasteiger partial charge in [0, 0.05) is 29.3 Å². The normalized spacial score (nSPS) is 19.9. The first kappa shape index (κ1) is 14.8. The van der Waals surface area contributed by atoms with Crippen LogP contribution in [0.3, 0.4) is 0 Å². The first-order valence-electron chi connectivity index (χ1n) is 7.76. The summed E-state index contributed by atoms with van der Waals surface area (Å²) in [5.41, 5.74) is 3.64. The van der Waals surface area contributed by atoms with E-state index >= 15 is 0 Å². The van der Waals surface area contributed by atoms with Crippen LogP contribution >= 0.6 is 15.9 Å². The maximum Gasteiger partial charge on any atom is 0.231 e. The molecule has 0 radical (unpaired) electrons. The van der Waals surface area contributed by atoms with Crippen molar-refractivity contribution >= 4 is 21.6 Å². The topological polar surface area (TPSA) is 30.9 Å². The molecule has 1 unspecified atom stereocenters. The van der Waals surface area contributed by atoms with E-state index in [-0.39, 0.29) is 6.10 Å². The number of ether oxygens (including phenoxy) is 3. The minimum Gasteiger partial charge on any atom is -0.454 e. The third-order valence-corrected chi connectivity index (χ3v) is 5.14. The van der Waals surface area contributed by atoms with Gasteiger partial charge in [0.25, 0.3) is 0 Å². The van der Waals surface area contributed by atoms with E-state index in [1.54, 1.807) is 0 Å². The van der Waals surface area contributed by atoms with Crippen molar-refractivity contribution < 1.29 is 14.2 Å². The minimum absolute atomic E-state index is 0.112. The Kier molecular flexibility index (Phi) is 3.91. The fraction of sp³-hybridized carbons (Fsp3) is 0.333. The molecule has 0 amide bonds. The van der Waals surface area contributed by atoms with Crippen LogP contribution in [0.5, 0.6) is 11.5 Å². The number of halogens is 1. The second kappa shape index (κ2) is 6.06. The summed E-state index contributed by atoms with van der Waals surface area (Å²) in [5, 5.41) is 0. The molecule has 120 valence electrons. The van der Waals surface area contributed by atoms with Gasteiger partial charge in [0.1, 0.15) is 0 Å². The Morgan fingerprint density at radius 1 is 1.13 bits per heavy atom. The zero-order valence-electron chi connectivity index (χ0n) is 12.9. The van der Waals surface area contributed by atoms with E-state index < -0.39 is 0 Å². The number of nitrogens with zero attached hydrogens (tertiary/aromatic N) is 1. The molecular weight excluding hydrogens is 358 g/mol. The fourth-order valence-electron chi connectivity index (χ4n) is 3.12. The zero-order valence-corrected chi connectivity index (χ0v) is 14.5. The molecule has 0 spiro atoms. The number of anilines is 1. The Hall–Kier alpha value is -1.72. The lowest BCUT2D eigenvalue weighted by molar-refractivity contribution is 0.0672. The van der Waals surface area contributed by atoms with Crippen molar-refractivity contribution in [2.24, 2.45) is 0 Å². The van der Waals surface area contributed by atoms with Crippen LogP contribution in [0.2, 0.25) is 0 Å². The van der Waals surface area contributed by atoms with Crippen molar-refractivity contribution in [1.29, 1.82) is 0 Å². The molecule has 2 aliphatic rings. The van der Waals surface area contributed by atoms with Crippen LogP contribution in [0.4, 0.5) is 5.69 Å². The van der Waals surface area contributed by atoms with Crippen molar-refractivity contribution in [3.8, 4) is 11.5 Å². The Morgan fingerprint density at radius 2 is 2.00 bits per heavy atom. The summed E-state index contributed by atoms with van der Waals surface area (Å²) < 4.78 is 18.0. The van der Waals surface area contributed by atoms with E-state index in [1.165, 1.54) is 11.1 Å². The monoisotopic (exact) mass is 375 g/mol. The Morgan fingerprint density at radius 3 is 2.91 bits per heavy atom. The van der Waals surface area contributed by atoms with Crippen LogP contribution in [0.1, 0.15) is 24.2 Å². The number of hydrogen-bond donors (Lipinski definition) is 0. The molecule has 5 heteroatoms. The van der Waals surface area contributed by atoms with Gasteiger partial charge >= 0.3 is 0 Å². The van der Waals surface area contributed by atoms with Gasteiger partial charge in [-0.05, 0) is 36.2 Å². The van der Waals surface area contributed by atoms with Crippen molar-refractivity contribution in [2.75, 3.05) is 24.8 Å². The number of hydrogen-bond acceptors (Lipinski definition) is 4. The third-order valence-electron chi connectivity index (χ3n) is 4.39. The van der Waals surface area contributed by atoms with Gasteiger partial charge in [-0.3, -0.25) is 0 Å². The molecule has 0 bridgehead atoms. The molecule has 4 nitrogen and oxygen atoms in total. The van der Waals surface area contributed by atoms with Crippen LogP contribution in [0.25, 0.3) is 0 Å². The second-order valence-corrected chi connectivity index (χ2v) is 6.63. The van der Waals surface area contributed by atoms with Crippen LogP contribution in [-0.4, -0.2) is 19.9 Å². The van der Waals surface area contributed by atoms with Crippen molar-refractivity contribution in [2.45, 2.75) is 19.6 Å². The summed E-state index contributed by atoms with van der Waals surface area (Å²) in [6.07, 6.45) is 0.112. The van der Waals surface area contributed by atoms with Gasteiger partial charge in [-0.1, -0.05) is 28.1 Å². The number of fused-ring (bicyclic) bond motifs is 2. The molecule has 2 heterocycles. The van der Waals surface area contributed by atoms with Gasteiger partial charge in [0.15, 0.2) is 11.5 Å². The smallest absolute Gasteiger partial charge is 0.231 e. The third kappa shape index (κ3) is 2.79. The van der Waals surface area contributed by atoms with Crippen LogP contribution in [-0.2, 0) is 11.3 Å². The minimum atomic E-state index is 0.112. The van der Waals surface area contributed by atoms with Crippen molar-refractivity contribution in [1.82, 2.24) is 0 Å². The molecule has 0 saturated carbocycles. The summed E-state index contributed by atoms with van der Waals surface area (Å²) in [7, 11) is 0. The Labute approximate surface area is 144 Å². The lowest BCUT2D eigenvalue weighted by atomic mass is 10.0. The summed E-state index contributed by atoms with van der Waals surface area (Å²) in [5.74, 6) is 1.62. The maximum atomic E-state index is 5.99. The molecule has 1 atom stereocenters. The van der Waals surface area contributed by atoms with Crippen LogP contribution < -0.4 is 14.4 Å². The SMILES string of the molecule is CC1OCCN(c2ccc3c(c2)OCO3)Cc2c(Br)cccc21. The summed E-state index contributed by atoms with van der Waals surface area (Å²) in [4.78, 5) is 2.32. The van der Waals surface area contributed by atoms with Gasteiger partial charge in [-0.2, -0.15) is 0 Å². The van der Waals surface area contributed by atoms with Gasteiger partial charge in [0.2, 0.25) is 6.79 Å². The molecule has 0 saturated heterocycles. The average Bonchev–Trinajstić information content (AvgIpc) is 3.01. The van der Waals surface area contributed by atoms with Gasteiger partial charge in [-0.25, -0.2) is 0 Å². The first-order chi connectivity index (χ1) is 11.2. The molecule has 2 aromatic carbocycles. The number of benzene rings is 2. The van der Waals surface area contributed by atoms with Gasteiger partial charge in [-0.15, -0.1) is 0 Å². The maximum absolute atomic E-state index is 5.99. The number of rotatable bonds is 1. The standard InChI is InChI=1S/C18H18BrNO3/c1-12-14-3-2-4-16(19)15(14)10-20(7-8-21-12)13-5-6-17-18(9-13)23-11-22-17/h2-6,9,12H,7-8,10-11H2,1H3. The van der Waals surface area contributed by atoms with Crippen LogP contribution in [0, 0.1) is 0 Å². The summed E-state index contributed by atoms with van der Waals surface area (Å²) in [6.45, 7) is 4.78.